The van der Waals surface area contributed by atoms with Gasteiger partial charge in [-0.1, -0.05) is 6.07 Å². The van der Waals surface area contributed by atoms with E-state index in [0.717, 1.165) is 16.6 Å². The summed E-state index contributed by atoms with van der Waals surface area (Å²) in [5, 5.41) is 12.6. The number of carbonyl (C=O) groups excluding carboxylic acids is 1. The summed E-state index contributed by atoms with van der Waals surface area (Å²) in [5.41, 5.74) is 3.51. The van der Waals surface area contributed by atoms with Crippen LogP contribution in [0.3, 0.4) is 0 Å². The molecule has 0 saturated carbocycles. The molecule has 0 atom stereocenters. The van der Waals surface area contributed by atoms with Gasteiger partial charge >= 0.3 is 0 Å². The normalized spacial score (nSPS) is 10.4. The van der Waals surface area contributed by atoms with Crippen molar-refractivity contribution in [2.24, 2.45) is 7.05 Å². The molecule has 0 unspecified atom stereocenters. The molecule has 3 aromatic rings. The minimum absolute atomic E-state index is 0.243. The zero-order valence-electron chi connectivity index (χ0n) is 12.3. The van der Waals surface area contributed by atoms with Crippen molar-refractivity contribution in [3.63, 3.8) is 0 Å². The molecular weight excluding hydrogens is 276 g/mol. The van der Waals surface area contributed by atoms with E-state index in [4.69, 9.17) is 5.26 Å². The summed E-state index contributed by atoms with van der Waals surface area (Å²) in [7, 11) is 1.93. The van der Waals surface area contributed by atoms with Crippen LogP contribution in [-0.2, 0) is 7.05 Å². The fourth-order valence-electron chi connectivity index (χ4n) is 2.44. The molecule has 0 aliphatic carbocycles. The third-order valence-electron chi connectivity index (χ3n) is 3.52. The Hall–Kier alpha value is -3.13. The Morgan fingerprint density at radius 3 is 2.95 bits per heavy atom. The first-order chi connectivity index (χ1) is 10.6. The van der Waals surface area contributed by atoms with E-state index in [-0.39, 0.29) is 5.91 Å². The molecule has 108 valence electrons. The van der Waals surface area contributed by atoms with E-state index in [2.05, 4.69) is 10.3 Å². The lowest BCUT2D eigenvalue weighted by Gasteiger charge is -2.06. The van der Waals surface area contributed by atoms with Crippen LogP contribution in [0, 0.1) is 18.3 Å². The Kier molecular flexibility index (Phi) is 3.36. The fourth-order valence-corrected chi connectivity index (χ4v) is 2.44. The maximum absolute atomic E-state index is 12.3. The van der Waals surface area contributed by atoms with Crippen molar-refractivity contribution >= 4 is 22.6 Å². The van der Waals surface area contributed by atoms with Crippen LogP contribution in [0.4, 0.5) is 5.69 Å². The number of hydrogen-bond donors (Lipinski definition) is 1. The van der Waals surface area contributed by atoms with Crippen LogP contribution in [0.2, 0.25) is 0 Å². The summed E-state index contributed by atoms with van der Waals surface area (Å²) >= 11 is 0. The highest BCUT2D eigenvalue weighted by Gasteiger charge is 2.11. The molecule has 0 fully saturated rings. The smallest absolute Gasteiger partial charge is 0.257 e. The van der Waals surface area contributed by atoms with Crippen molar-refractivity contribution in [1.29, 1.82) is 5.26 Å². The summed E-state index contributed by atoms with van der Waals surface area (Å²) in [5.74, 6) is -0.243. The lowest BCUT2D eigenvalue weighted by Crippen LogP contribution is -2.12. The van der Waals surface area contributed by atoms with Gasteiger partial charge in [0.25, 0.3) is 5.91 Å². The van der Waals surface area contributed by atoms with Crippen molar-refractivity contribution in [1.82, 2.24) is 9.55 Å². The van der Waals surface area contributed by atoms with Gasteiger partial charge in [0.1, 0.15) is 5.65 Å². The molecule has 0 bridgehead atoms. The number of amides is 1. The number of nitrogens with one attached hydrogen (secondary N) is 1. The molecule has 22 heavy (non-hydrogen) atoms. The van der Waals surface area contributed by atoms with Gasteiger partial charge in [0.2, 0.25) is 0 Å². The Bertz CT molecular complexity index is 918. The van der Waals surface area contributed by atoms with Gasteiger partial charge < -0.3 is 9.88 Å². The Morgan fingerprint density at radius 1 is 1.36 bits per heavy atom. The van der Waals surface area contributed by atoms with E-state index in [1.165, 1.54) is 0 Å². The summed E-state index contributed by atoms with van der Waals surface area (Å²) in [6, 6.07) is 10.7. The van der Waals surface area contributed by atoms with Crippen LogP contribution in [0.5, 0.6) is 0 Å². The van der Waals surface area contributed by atoms with Gasteiger partial charge in [0.15, 0.2) is 0 Å². The maximum Gasteiger partial charge on any atom is 0.257 e. The zero-order chi connectivity index (χ0) is 15.7. The average Bonchev–Trinajstić information content (AvgIpc) is 2.81. The van der Waals surface area contributed by atoms with Crippen molar-refractivity contribution in [3.05, 3.63) is 59.4 Å². The SMILES string of the molecule is Cc1cn(C)c2ncc(C(=O)Nc3cccc(C#N)c3)cc12. The molecule has 5 heteroatoms. The number of aryl methyl sites for hydroxylation is 2. The van der Waals surface area contributed by atoms with Crippen LogP contribution in [0.1, 0.15) is 21.5 Å². The van der Waals surface area contributed by atoms with Gasteiger partial charge in [-0.25, -0.2) is 4.98 Å². The number of benzene rings is 1. The Morgan fingerprint density at radius 2 is 2.18 bits per heavy atom. The topological polar surface area (TPSA) is 70.7 Å². The number of hydrogen-bond acceptors (Lipinski definition) is 3. The Labute approximate surface area is 127 Å². The number of rotatable bonds is 2. The van der Waals surface area contributed by atoms with Crippen molar-refractivity contribution in [2.75, 3.05) is 5.32 Å². The molecule has 2 heterocycles. The number of fused-ring (bicyclic) bond motifs is 1. The number of nitrogens with zero attached hydrogens (tertiary/aromatic N) is 3. The molecular formula is C17H14N4O. The minimum atomic E-state index is -0.243. The number of pyridine rings is 1. The van der Waals surface area contributed by atoms with Crippen LogP contribution >= 0.6 is 0 Å². The highest BCUT2D eigenvalue weighted by atomic mass is 16.1. The standard InChI is InChI=1S/C17H14N4O/c1-11-10-21(2)16-15(11)7-13(9-19-16)17(22)20-14-5-3-4-12(6-14)8-18/h3-7,9-10H,1-2H3,(H,20,22). The van der Waals surface area contributed by atoms with E-state index in [1.54, 1.807) is 30.5 Å². The average molecular weight is 290 g/mol. The molecule has 0 radical (unpaired) electrons. The largest absolute Gasteiger partial charge is 0.335 e. The van der Waals surface area contributed by atoms with Crippen molar-refractivity contribution in [3.8, 4) is 6.07 Å². The quantitative estimate of drug-likeness (QED) is 0.788. The lowest BCUT2D eigenvalue weighted by atomic mass is 10.1. The number of carbonyl (C=O) groups is 1. The summed E-state index contributed by atoms with van der Waals surface area (Å²) in [6.45, 7) is 1.99. The zero-order valence-corrected chi connectivity index (χ0v) is 12.3. The van der Waals surface area contributed by atoms with E-state index in [1.807, 2.05) is 36.9 Å². The molecule has 5 nitrogen and oxygen atoms in total. The highest BCUT2D eigenvalue weighted by Crippen LogP contribution is 2.20. The third kappa shape index (κ3) is 2.42. The number of nitriles is 1. The van der Waals surface area contributed by atoms with Gasteiger partial charge in [-0.3, -0.25) is 4.79 Å². The third-order valence-corrected chi connectivity index (χ3v) is 3.52. The molecule has 0 saturated heterocycles. The van der Waals surface area contributed by atoms with Gasteiger partial charge in [-0.05, 0) is 36.8 Å². The van der Waals surface area contributed by atoms with Crippen LogP contribution in [-0.4, -0.2) is 15.5 Å². The van der Waals surface area contributed by atoms with Gasteiger partial charge in [0.05, 0.1) is 17.2 Å². The number of anilines is 1. The van der Waals surface area contributed by atoms with Gasteiger partial charge in [-0.15, -0.1) is 0 Å². The number of aromatic nitrogens is 2. The molecule has 1 N–H and O–H groups in total. The summed E-state index contributed by atoms with van der Waals surface area (Å²) in [6.07, 6.45) is 3.54. The Balaban J connectivity index is 1.92. The first-order valence-electron chi connectivity index (χ1n) is 6.81. The second-order valence-electron chi connectivity index (χ2n) is 5.16. The summed E-state index contributed by atoms with van der Waals surface area (Å²) < 4.78 is 1.93. The predicted octanol–water partition coefficient (Wildman–Crippen LogP) is 3.01. The van der Waals surface area contributed by atoms with Crippen LogP contribution < -0.4 is 5.32 Å². The molecule has 0 aliphatic heterocycles. The molecule has 1 amide bonds. The molecule has 0 spiro atoms. The summed E-state index contributed by atoms with van der Waals surface area (Å²) in [4.78, 5) is 16.7. The minimum Gasteiger partial charge on any atom is -0.335 e. The molecule has 2 aromatic heterocycles. The first-order valence-corrected chi connectivity index (χ1v) is 6.81. The van der Waals surface area contributed by atoms with E-state index in [0.29, 0.717) is 16.8 Å². The molecule has 3 rings (SSSR count). The first kappa shape index (κ1) is 13.8. The van der Waals surface area contributed by atoms with Crippen LogP contribution in [0.25, 0.3) is 11.0 Å². The lowest BCUT2D eigenvalue weighted by molar-refractivity contribution is 0.102. The van der Waals surface area contributed by atoms with Crippen molar-refractivity contribution in [2.45, 2.75) is 6.92 Å². The van der Waals surface area contributed by atoms with E-state index >= 15 is 0 Å². The van der Waals surface area contributed by atoms with Crippen LogP contribution in [0.15, 0.2) is 42.7 Å². The second kappa shape index (κ2) is 5.34. The fraction of sp³-hybridized carbons (Fsp3) is 0.118. The second-order valence-corrected chi connectivity index (χ2v) is 5.16. The maximum atomic E-state index is 12.3. The molecule has 0 aliphatic rings. The highest BCUT2D eigenvalue weighted by molar-refractivity contribution is 6.06. The van der Waals surface area contributed by atoms with Gasteiger partial charge in [-0.2, -0.15) is 5.26 Å². The van der Waals surface area contributed by atoms with Crippen molar-refractivity contribution < 1.29 is 4.79 Å². The monoisotopic (exact) mass is 290 g/mol. The predicted molar refractivity (Wildman–Crippen MR) is 84.6 cm³/mol. The molecule has 1 aromatic carbocycles. The van der Waals surface area contributed by atoms with E-state index in [9.17, 15) is 4.79 Å². The van der Waals surface area contributed by atoms with Gasteiger partial charge in [0, 0.05) is 30.5 Å². The van der Waals surface area contributed by atoms with E-state index < -0.39 is 0 Å².